The molecule has 2 aliphatic heterocycles. The van der Waals surface area contributed by atoms with Gasteiger partial charge in [-0.1, -0.05) is 11.6 Å². The first-order chi connectivity index (χ1) is 13.7. The maximum atomic E-state index is 14.2. The molecule has 28 heavy (non-hydrogen) atoms. The lowest BCUT2D eigenvalue weighted by molar-refractivity contribution is 0.155. The Balaban J connectivity index is 1.64. The highest BCUT2D eigenvalue weighted by atomic mass is 35.5. The second-order valence-corrected chi connectivity index (χ2v) is 6.69. The number of hydrogen-bond donors (Lipinski definition) is 3. The molecule has 0 amide bonds. The zero-order valence-electron chi connectivity index (χ0n) is 15.2. The largest absolute Gasteiger partial charge is 0.383 e. The van der Waals surface area contributed by atoms with Crippen LogP contribution in [-0.2, 0) is 4.74 Å². The summed E-state index contributed by atoms with van der Waals surface area (Å²) in [5.41, 5.74) is 7.70. The molecule has 0 atom stereocenters. The number of fused-ring (bicyclic) bond motifs is 1. The number of hydrazine groups is 1. The molecule has 3 heterocycles. The van der Waals surface area contributed by atoms with E-state index < -0.39 is 0 Å². The van der Waals surface area contributed by atoms with Gasteiger partial charge in [0.25, 0.3) is 0 Å². The first-order valence-corrected chi connectivity index (χ1v) is 9.12. The molecule has 0 saturated carbocycles. The summed E-state index contributed by atoms with van der Waals surface area (Å²) < 4.78 is 19.4. The second-order valence-electron chi connectivity index (χ2n) is 6.25. The summed E-state index contributed by atoms with van der Waals surface area (Å²) in [6.07, 6.45) is 7.34. The van der Waals surface area contributed by atoms with E-state index in [2.05, 4.69) is 21.0 Å². The molecule has 0 spiro atoms. The SMILES string of the molecule is COCCN1NC=C2NC=CC(Nc3ccnc(-c4cc(Cl)ccc4F)c3)=C21. The normalized spacial score (nSPS) is 15.1. The van der Waals surface area contributed by atoms with Crippen molar-refractivity contribution in [2.75, 3.05) is 25.6 Å². The molecule has 0 bridgehead atoms. The quantitative estimate of drug-likeness (QED) is 0.690. The van der Waals surface area contributed by atoms with Gasteiger partial charge in [0.05, 0.1) is 30.2 Å². The van der Waals surface area contributed by atoms with E-state index in [-0.39, 0.29) is 5.82 Å². The van der Waals surface area contributed by atoms with Crippen molar-refractivity contribution in [3.8, 4) is 11.3 Å². The summed E-state index contributed by atoms with van der Waals surface area (Å²) in [5.74, 6) is -0.367. The standard InChI is InChI=1S/C20H19ClFN5O/c1-28-9-8-27-20-17(5-7-24-19(20)12-25-27)26-14-4-6-23-18(11-14)15-10-13(21)2-3-16(15)22/h2-7,10-12,24-25H,8-9H2,1H3,(H,23,26). The van der Waals surface area contributed by atoms with Gasteiger partial charge in [0.2, 0.25) is 0 Å². The molecule has 0 aliphatic carbocycles. The van der Waals surface area contributed by atoms with E-state index >= 15 is 0 Å². The molecule has 8 heteroatoms. The summed E-state index contributed by atoms with van der Waals surface area (Å²) in [5, 5.41) is 9.07. The zero-order chi connectivity index (χ0) is 19.5. The third kappa shape index (κ3) is 3.67. The maximum Gasteiger partial charge on any atom is 0.132 e. The van der Waals surface area contributed by atoms with Crippen molar-refractivity contribution in [2.45, 2.75) is 0 Å². The van der Waals surface area contributed by atoms with Crippen molar-refractivity contribution in [3.05, 3.63) is 82.9 Å². The highest BCUT2D eigenvalue weighted by molar-refractivity contribution is 6.30. The molecule has 1 aromatic heterocycles. The zero-order valence-corrected chi connectivity index (χ0v) is 15.9. The number of methoxy groups -OCH3 is 1. The average Bonchev–Trinajstić information content (AvgIpc) is 3.12. The number of allylic oxidation sites excluding steroid dienone is 1. The van der Waals surface area contributed by atoms with Crippen LogP contribution < -0.4 is 16.1 Å². The molecular formula is C20H19ClFN5O. The van der Waals surface area contributed by atoms with Crippen molar-refractivity contribution >= 4 is 17.3 Å². The Morgan fingerprint density at radius 2 is 2.18 bits per heavy atom. The van der Waals surface area contributed by atoms with Gasteiger partial charge in [0.1, 0.15) is 11.5 Å². The van der Waals surface area contributed by atoms with Crippen LogP contribution in [0.15, 0.2) is 72.1 Å². The lowest BCUT2D eigenvalue weighted by Gasteiger charge is -2.26. The molecule has 144 valence electrons. The van der Waals surface area contributed by atoms with Gasteiger partial charge in [0, 0.05) is 42.0 Å². The van der Waals surface area contributed by atoms with Gasteiger partial charge in [-0.05, 0) is 36.4 Å². The molecule has 2 aromatic rings. The van der Waals surface area contributed by atoms with Crippen molar-refractivity contribution in [1.29, 1.82) is 0 Å². The number of rotatable bonds is 6. The predicted octanol–water partition coefficient (Wildman–Crippen LogP) is 3.59. The molecule has 0 unspecified atom stereocenters. The van der Waals surface area contributed by atoms with Crippen LogP contribution >= 0.6 is 11.6 Å². The Labute approximate surface area is 167 Å². The molecule has 1 aromatic carbocycles. The Hall–Kier alpha value is -3.03. The van der Waals surface area contributed by atoms with Crippen molar-refractivity contribution in [2.24, 2.45) is 0 Å². The number of benzene rings is 1. The van der Waals surface area contributed by atoms with Crippen LogP contribution in [0.25, 0.3) is 11.3 Å². The van der Waals surface area contributed by atoms with Crippen LogP contribution in [0.5, 0.6) is 0 Å². The van der Waals surface area contributed by atoms with Gasteiger partial charge in [0.15, 0.2) is 0 Å². The van der Waals surface area contributed by atoms with Crippen LogP contribution in [0.3, 0.4) is 0 Å². The molecule has 3 N–H and O–H groups in total. The number of aromatic nitrogens is 1. The van der Waals surface area contributed by atoms with Crippen LogP contribution in [0.2, 0.25) is 5.02 Å². The minimum Gasteiger partial charge on any atom is -0.383 e. The van der Waals surface area contributed by atoms with E-state index in [4.69, 9.17) is 16.3 Å². The van der Waals surface area contributed by atoms with Crippen LogP contribution in [0.4, 0.5) is 10.1 Å². The number of nitrogens with one attached hydrogen (secondary N) is 3. The minimum absolute atomic E-state index is 0.361. The van der Waals surface area contributed by atoms with E-state index in [1.807, 2.05) is 29.6 Å². The van der Waals surface area contributed by atoms with Crippen molar-refractivity contribution < 1.29 is 9.13 Å². The fourth-order valence-electron chi connectivity index (χ4n) is 3.08. The Kier molecular flexibility index (Phi) is 5.18. The van der Waals surface area contributed by atoms with E-state index in [0.29, 0.717) is 29.4 Å². The molecule has 0 saturated heterocycles. The smallest absolute Gasteiger partial charge is 0.132 e. The highest BCUT2D eigenvalue weighted by Gasteiger charge is 2.25. The predicted molar refractivity (Wildman–Crippen MR) is 107 cm³/mol. The van der Waals surface area contributed by atoms with Gasteiger partial charge >= 0.3 is 0 Å². The summed E-state index contributed by atoms with van der Waals surface area (Å²) in [6.45, 7) is 1.27. The Bertz CT molecular complexity index is 988. The van der Waals surface area contributed by atoms with E-state index in [0.717, 1.165) is 22.8 Å². The number of anilines is 1. The van der Waals surface area contributed by atoms with E-state index in [1.165, 1.54) is 12.1 Å². The molecular weight excluding hydrogens is 381 g/mol. The monoisotopic (exact) mass is 399 g/mol. The first-order valence-electron chi connectivity index (χ1n) is 8.75. The van der Waals surface area contributed by atoms with Gasteiger partial charge in [-0.25, -0.2) is 4.39 Å². The lowest BCUT2D eigenvalue weighted by atomic mass is 10.1. The van der Waals surface area contributed by atoms with E-state index in [1.54, 1.807) is 25.4 Å². The van der Waals surface area contributed by atoms with Crippen LogP contribution in [0.1, 0.15) is 0 Å². The summed E-state index contributed by atoms with van der Waals surface area (Å²) in [6, 6.07) is 8.06. The fourth-order valence-corrected chi connectivity index (χ4v) is 3.25. The Morgan fingerprint density at radius 3 is 3.04 bits per heavy atom. The lowest BCUT2D eigenvalue weighted by Crippen LogP contribution is -2.34. The number of hydrogen-bond acceptors (Lipinski definition) is 6. The summed E-state index contributed by atoms with van der Waals surface area (Å²) >= 11 is 6.02. The molecule has 4 rings (SSSR count). The summed E-state index contributed by atoms with van der Waals surface area (Å²) in [7, 11) is 1.67. The van der Waals surface area contributed by atoms with Crippen LogP contribution in [0, 0.1) is 5.82 Å². The number of dihydropyridines is 1. The van der Waals surface area contributed by atoms with Crippen molar-refractivity contribution in [1.82, 2.24) is 20.7 Å². The van der Waals surface area contributed by atoms with Crippen molar-refractivity contribution in [3.63, 3.8) is 0 Å². The number of ether oxygens (including phenoxy) is 1. The third-order valence-electron chi connectivity index (χ3n) is 4.40. The van der Waals surface area contributed by atoms with Gasteiger partial charge in [-0.15, -0.1) is 0 Å². The minimum atomic E-state index is -0.367. The van der Waals surface area contributed by atoms with Gasteiger partial charge in [-0.2, -0.15) is 0 Å². The average molecular weight is 400 g/mol. The topological polar surface area (TPSA) is 61.5 Å². The fraction of sp³-hybridized carbons (Fsp3) is 0.150. The highest BCUT2D eigenvalue weighted by Crippen LogP contribution is 2.29. The molecule has 2 aliphatic rings. The van der Waals surface area contributed by atoms with E-state index in [9.17, 15) is 4.39 Å². The van der Waals surface area contributed by atoms with Gasteiger partial charge in [-0.3, -0.25) is 9.99 Å². The molecule has 6 nitrogen and oxygen atoms in total. The first kappa shape index (κ1) is 18.3. The maximum absolute atomic E-state index is 14.2. The number of halogens is 2. The van der Waals surface area contributed by atoms with Crippen LogP contribution in [-0.4, -0.2) is 30.3 Å². The Morgan fingerprint density at radius 1 is 1.29 bits per heavy atom. The third-order valence-corrected chi connectivity index (χ3v) is 4.63. The summed E-state index contributed by atoms with van der Waals surface area (Å²) in [4.78, 5) is 4.29. The second kappa shape index (κ2) is 7.92. The molecule has 0 fully saturated rings. The number of nitrogens with zero attached hydrogens (tertiary/aromatic N) is 2. The van der Waals surface area contributed by atoms with Gasteiger partial charge < -0.3 is 20.8 Å². The number of pyridine rings is 1. The molecule has 0 radical (unpaired) electrons.